The summed E-state index contributed by atoms with van der Waals surface area (Å²) < 4.78 is 0. The van der Waals surface area contributed by atoms with Gasteiger partial charge < -0.3 is 10.8 Å². The molecule has 10 heavy (non-hydrogen) atoms. The van der Waals surface area contributed by atoms with Gasteiger partial charge in [-0.05, 0) is 11.4 Å². The zero-order valence-electron chi connectivity index (χ0n) is 4.50. The molecule has 0 saturated carbocycles. The van der Waals surface area contributed by atoms with Crippen LogP contribution in [0.25, 0.3) is 0 Å². The van der Waals surface area contributed by atoms with E-state index in [4.69, 9.17) is 10.8 Å². The van der Waals surface area contributed by atoms with E-state index in [0.717, 1.165) is 11.3 Å². The first-order chi connectivity index (χ1) is 4.22. The van der Waals surface area contributed by atoms with E-state index in [1.54, 1.807) is 11.4 Å². The normalized spacial score (nSPS) is 8.40. The molecule has 0 aliphatic heterocycles. The fraction of sp³-hybridized carbons (Fsp3) is 0. The average Bonchev–Trinajstić information content (AvgIpc) is 2.13. The van der Waals surface area contributed by atoms with E-state index in [0.29, 0.717) is 5.69 Å². The van der Waals surface area contributed by atoms with Crippen molar-refractivity contribution in [2.75, 3.05) is 5.73 Å². The quantitative estimate of drug-likeness (QED) is 0.594. The Kier molecular flexibility index (Phi) is 3.96. The SMILES string of the molecule is Nc1ccsc1C(=O)O.[NaH]. The molecule has 5 heteroatoms. The van der Waals surface area contributed by atoms with Crippen LogP contribution < -0.4 is 5.73 Å². The van der Waals surface area contributed by atoms with E-state index in [1.165, 1.54) is 0 Å². The van der Waals surface area contributed by atoms with Crippen LogP contribution in [0.4, 0.5) is 5.69 Å². The van der Waals surface area contributed by atoms with Crippen molar-refractivity contribution in [2.24, 2.45) is 0 Å². The van der Waals surface area contributed by atoms with E-state index in [9.17, 15) is 4.79 Å². The Labute approximate surface area is 84.1 Å². The fourth-order valence-corrected chi connectivity index (χ4v) is 1.15. The minimum absolute atomic E-state index is 0. The standard InChI is InChI=1S/C5H5NO2S.Na.H/c6-3-1-2-9-4(3)5(7)8;;/h1-2H,6H2,(H,7,8);;. The number of nitrogens with two attached hydrogens (primary N) is 1. The molecule has 3 nitrogen and oxygen atoms in total. The number of anilines is 1. The Bertz CT molecular complexity index is 235. The molecule has 1 rings (SSSR count). The van der Waals surface area contributed by atoms with Crippen molar-refractivity contribution in [2.45, 2.75) is 0 Å². The third kappa shape index (κ3) is 1.98. The van der Waals surface area contributed by atoms with Crippen LogP contribution in [0.15, 0.2) is 11.4 Å². The molecule has 0 amide bonds. The maximum absolute atomic E-state index is 10.2. The second-order valence-corrected chi connectivity index (χ2v) is 2.43. The summed E-state index contributed by atoms with van der Waals surface area (Å²) in [5.74, 6) is -0.956. The predicted octanol–water partition coefficient (Wildman–Crippen LogP) is 0.380. The molecule has 1 aromatic heterocycles. The molecule has 0 atom stereocenters. The monoisotopic (exact) mass is 167 g/mol. The van der Waals surface area contributed by atoms with Crippen LogP contribution in [0.2, 0.25) is 0 Å². The Morgan fingerprint density at radius 3 is 2.50 bits per heavy atom. The zero-order valence-corrected chi connectivity index (χ0v) is 5.31. The predicted molar refractivity (Wildman–Crippen MR) is 42.8 cm³/mol. The number of aromatic carboxylic acids is 1. The molecule has 3 N–H and O–H groups in total. The summed E-state index contributed by atoms with van der Waals surface area (Å²) in [7, 11) is 0. The number of hydrogen-bond donors (Lipinski definition) is 2. The average molecular weight is 167 g/mol. The second kappa shape index (κ2) is 3.98. The zero-order chi connectivity index (χ0) is 6.85. The number of hydrogen-bond acceptors (Lipinski definition) is 3. The van der Waals surface area contributed by atoms with E-state index in [1.807, 2.05) is 0 Å². The van der Waals surface area contributed by atoms with Crippen LogP contribution in [-0.4, -0.2) is 40.6 Å². The molecule has 0 unspecified atom stereocenters. The van der Waals surface area contributed by atoms with Gasteiger partial charge in [-0.25, -0.2) is 4.79 Å². The number of carboxylic acid groups (broad SMARTS) is 1. The van der Waals surface area contributed by atoms with Crippen molar-refractivity contribution in [1.29, 1.82) is 0 Å². The van der Waals surface area contributed by atoms with Gasteiger partial charge in [0.1, 0.15) is 4.88 Å². The molecule has 0 aromatic carbocycles. The molecular weight excluding hydrogens is 161 g/mol. The Morgan fingerprint density at radius 2 is 2.30 bits per heavy atom. The van der Waals surface area contributed by atoms with Crippen LogP contribution in [0, 0.1) is 0 Å². The first-order valence-corrected chi connectivity index (χ1v) is 3.16. The van der Waals surface area contributed by atoms with Gasteiger partial charge >= 0.3 is 35.5 Å². The van der Waals surface area contributed by atoms with Gasteiger partial charge in [0.05, 0.1) is 5.69 Å². The Hall–Kier alpha value is -0.0300. The molecule has 1 heterocycles. The fourth-order valence-electron chi connectivity index (χ4n) is 0.493. The third-order valence-corrected chi connectivity index (χ3v) is 1.81. The van der Waals surface area contributed by atoms with Crippen molar-refractivity contribution in [3.63, 3.8) is 0 Å². The molecule has 0 aliphatic carbocycles. The van der Waals surface area contributed by atoms with Crippen LogP contribution >= 0.6 is 11.3 Å². The Balaban J connectivity index is 0.000000810. The molecule has 0 saturated heterocycles. The van der Waals surface area contributed by atoms with Crippen LogP contribution in [0.5, 0.6) is 0 Å². The number of carbonyl (C=O) groups is 1. The van der Waals surface area contributed by atoms with Crippen molar-refractivity contribution in [3.8, 4) is 0 Å². The first kappa shape index (κ1) is 9.97. The van der Waals surface area contributed by atoms with Gasteiger partial charge in [-0.15, -0.1) is 11.3 Å². The molecular formula is C5H6NNaO2S. The summed E-state index contributed by atoms with van der Waals surface area (Å²) in [6.45, 7) is 0. The third-order valence-electron chi connectivity index (χ3n) is 0.890. The van der Waals surface area contributed by atoms with Crippen molar-refractivity contribution < 1.29 is 9.90 Å². The van der Waals surface area contributed by atoms with E-state index < -0.39 is 5.97 Å². The van der Waals surface area contributed by atoms with Gasteiger partial charge in [0.15, 0.2) is 0 Å². The first-order valence-electron chi connectivity index (χ1n) is 2.28. The van der Waals surface area contributed by atoms with Crippen molar-refractivity contribution in [3.05, 3.63) is 16.3 Å². The van der Waals surface area contributed by atoms with E-state index in [2.05, 4.69) is 0 Å². The van der Waals surface area contributed by atoms with E-state index in [-0.39, 0.29) is 34.4 Å². The van der Waals surface area contributed by atoms with Gasteiger partial charge in [-0.2, -0.15) is 0 Å². The van der Waals surface area contributed by atoms with Gasteiger partial charge in [-0.3, -0.25) is 0 Å². The molecule has 0 aliphatic rings. The summed E-state index contributed by atoms with van der Waals surface area (Å²) in [5, 5.41) is 10.0. The molecule has 0 radical (unpaired) electrons. The summed E-state index contributed by atoms with van der Waals surface area (Å²) >= 11 is 1.13. The van der Waals surface area contributed by atoms with Crippen molar-refractivity contribution in [1.82, 2.24) is 0 Å². The molecule has 50 valence electrons. The summed E-state index contributed by atoms with van der Waals surface area (Å²) in [6.07, 6.45) is 0. The number of nitrogen functional groups attached to an aromatic ring is 1. The van der Waals surface area contributed by atoms with Crippen molar-refractivity contribution >= 4 is 52.6 Å². The summed E-state index contributed by atoms with van der Waals surface area (Å²) in [4.78, 5) is 10.4. The van der Waals surface area contributed by atoms with Gasteiger partial charge in [0, 0.05) is 0 Å². The van der Waals surface area contributed by atoms with Gasteiger partial charge in [0.25, 0.3) is 0 Å². The van der Waals surface area contributed by atoms with Crippen LogP contribution in [0.1, 0.15) is 9.67 Å². The van der Waals surface area contributed by atoms with Gasteiger partial charge in [0.2, 0.25) is 0 Å². The number of thiophene rings is 1. The second-order valence-electron chi connectivity index (χ2n) is 1.51. The van der Waals surface area contributed by atoms with E-state index >= 15 is 0 Å². The molecule has 0 bridgehead atoms. The topological polar surface area (TPSA) is 63.3 Å². The summed E-state index contributed by atoms with van der Waals surface area (Å²) in [6, 6.07) is 1.58. The number of rotatable bonds is 1. The van der Waals surface area contributed by atoms with Crippen LogP contribution in [-0.2, 0) is 0 Å². The summed E-state index contributed by atoms with van der Waals surface area (Å²) in [5.41, 5.74) is 5.61. The molecule has 0 spiro atoms. The maximum atomic E-state index is 10.2. The molecule has 0 fully saturated rings. The number of carboxylic acids is 1. The Morgan fingerprint density at radius 1 is 1.70 bits per heavy atom. The van der Waals surface area contributed by atoms with Crippen LogP contribution in [0.3, 0.4) is 0 Å². The molecule has 1 aromatic rings. The van der Waals surface area contributed by atoms with Gasteiger partial charge in [-0.1, -0.05) is 0 Å². The minimum atomic E-state index is -0.956.